The molecule has 0 aromatic heterocycles. The molecule has 2 amide bonds. The highest BCUT2D eigenvalue weighted by Gasteiger charge is 2.08. The molecule has 3 aromatic rings. The lowest BCUT2D eigenvalue weighted by Gasteiger charge is -2.10. The highest BCUT2D eigenvalue weighted by atomic mass is 19.1. The summed E-state index contributed by atoms with van der Waals surface area (Å²) in [6, 6.07) is 19.4. The second kappa shape index (κ2) is 8.81. The van der Waals surface area contributed by atoms with E-state index in [-0.39, 0.29) is 24.2 Å². The molecule has 0 spiro atoms. The van der Waals surface area contributed by atoms with Gasteiger partial charge in [-0.05, 0) is 67.1 Å². The Bertz CT molecular complexity index is 970. The van der Waals surface area contributed by atoms with Crippen molar-refractivity contribution in [1.29, 1.82) is 0 Å². The van der Waals surface area contributed by atoms with E-state index >= 15 is 0 Å². The Morgan fingerprint density at radius 3 is 2.25 bits per heavy atom. The molecule has 0 saturated heterocycles. The minimum absolute atomic E-state index is 0.143. The number of carbonyl (C=O) groups excluding carboxylic acids is 2. The molecule has 0 aliphatic rings. The zero-order valence-corrected chi connectivity index (χ0v) is 15.2. The zero-order valence-electron chi connectivity index (χ0n) is 15.2. The molecule has 0 unspecified atom stereocenters. The van der Waals surface area contributed by atoms with E-state index in [1.165, 1.54) is 24.3 Å². The minimum Gasteiger partial charge on any atom is -0.484 e. The van der Waals surface area contributed by atoms with E-state index in [2.05, 4.69) is 10.6 Å². The number of hydrogen-bond donors (Lipinski definition) is 2. The molecule has 0 radical (unpaired) electrons. The summed E-state index contributed by atoms with van der Waals surface area (Å²) < 4.78 is 18.4. The quantitative estimate of drug-likeness (QED) is 0.668. The fourth-order valence-corrected chi connectivity index (χ4v) is 2.49. The van der Waals surface area contributed by atoms with E-state index < -0.39 is 0 Å². The first-order chi connectivity index (χ1) is 13.5. The number of ether oxygens (including phenoxy) is 1. The van der Waals surface area contributed by atoms with Gasteiger partial charge in [-0.15, -0.1) is 0 Å². The maximum Gasteiger partial charge on any atom is 0.262 e. The molecule has 3 rings (SSSR count). The average Bonchev–Trinajstić information content (AvgIpc) is 2.70. The SMILES string of the molecule is Cc1ccccc1NC(=O)COc1ccc(C(=O)Nc2ccc(F)cc2)cc1. The lowest BCUT2D eigenvalue weighted by atomic mass is 10.2. The van der Waals surface area contributed by atoms with E-state index in [1.54, 1.807) is 24.3 Å². The van der Waals surface area contributed by atoms with Crippen LogP contribution >= 0.6 is 0 Å². The highest BCUT2D eigenvalue weighted by Crippen LogP contribution is 2.16. The second-order valence-corrected chi connectivity index (χ2v) is 6.14. The van der Waals surface area contributed by atoms with Gasteiger partial charge in [0.1, 0.15) is 11.6 Å². The smallest absolute Gasteiger partial charge is 0.262 e. The third-order valence-electron chi connectivity index (χ3n) is 4.01. The van der Waals surface area contributed by atoms with Gasteiger partial charge in [0.15, 0.2) is 6.61 Å². The number of para-hydroxylation sites is 1. The van der Waals surface area contributed by atoms with Crippen LogP contribution in [-0.4, -0.2) is 18.4 Å². The third kappa shape index (κ3) is 5.17. The maximum atomic E-state index is 12.9. The van der Waals surface area contributed by atoms with Gasteiger partial charge in [0.05, 0.1) is 0 Å². The summed E-state index contributed by atoms with van der Waals surface area (Å²) >= 11 is 0. The number of nitrogens with one attached hydrogen (secondary N) is 2. The van der Waals surface area contributed by atoms with Gasteiger partial charge in [0.2, 0.25) is 0 Å². The molecular formula is C22H19FN2O3. The number of hydrogen-bond acceptors (Lipinski definition) is 3. The molecular weight excluding hydrogens is 359 g/mol. The van der Waals surface area contributed by atoms with Gasteiger partial charge in [0.25, 0.3) is 11.8 Å². The Morgan fingerprint density at radius 2 is 1.57 bits per heavy atom. The van der Waals surface area contributed by atoms with Crippen molar-refractivity contribution >= 4 is 23.2 Å². The van der Waals surface area contributed by atoms with Crippen LogP contribution in [0.2, 0.25) is 0 Å². The van der Waals surface area contributed by atoms with Crippen molar-refractivity contribution < 1.29 is 18.7 Å². The van der Waals surface area contributed by atoms with Crippen LogP contribution in [0.4, 0.5) is 15.8 Å². The predicted molar refractivity (Wildman–Crippen MR) is 106 cm³/mol. The summed E-state index contributed by atoms with van der Waals surface area (Å²) in [5.41, 5.74) is 2.62. The molecule has 0 bridgehead atoms. The monoisotopic (exact) mass is 378 g/mol. The lowest BCUT2D eigenvalue weighted by Crippen LogP contribution is -2.20. The van der Waals surface area contributed by atoms with Crippen molar-refractivity contribution in [2.45, 2.75) is 6.92 Å². The molecule has 0 aliphatic carbocycles. The Kier molecular flexibility index (Phi) is 6.01. The standard InChI is InChI=1S/C22H19FN2O3/c1-15-4-2-3-5-20(15)25-21(26)14-28-19-12-6-16(7-13-19)22(27)24-18-10-8-17(23)9-11-18/h2-13H,14H2,1H3,(H,24,27)(H,25,26). The topological polar surface area (TPSA) is 67.4 Å². The molecule has 0 saturated carbocycles. The van der Waals surface area contributed by atoms with Crippen LogP contribution in [0.1, 0.15) is 15.9 Å². The van der Waals surface area contributed by atoms with Crippen LogP contribution in [0.3, 0.4) is 0 Å². The van der Waals surface area contributed by atoms with E-state index in [9.17, 15) is 14.0 Å². The predicted octanol–water partition coefficient (Wildman–Crippen LogP) is 4.40. The van der Waals surface area contributed by atoms with Crippen molar-refractivity contribution in [1.82, 2.24) is 0 Å². The van der Waals surface area contributed by atoms with Crippen molar-refractivity contribution in [3.05, 3.63) is 89.7 Å². The molecule has 2 N–H and O–H groups in total. The molecule has 0 aliphatic heterocycles. The first-order valence-electron chi connectivity index (χ1n) is 8.66. The Hall–Kier alpha value is -3.67. The molecule has 6 heteroatoms. The molecule has 0 fully saturated rings. The Morgan fingerprint density at radius 1 is 0.893 bits per heavy atom. The second-order valence-electron chi connectivity index (χ2n) is 6.14. The number of benzene rings is 3. The van der Waals surface area contributed by atoms with Gasteiger partial charge in [-0.2, -0.15) is 0 Å². The molecule has 0 atom stereocenters. The van der Waals surface area contributed by atoms with Gasteiger partial charge in [-0.3, -0.25) is 9.59 Å². The van der Waals surface area contributed by atoms with Gasteiger partial charge in [0, 0.05) is 16.9 Å². The summed E-state index contributed by atoms with van der Waals surface area (Å²) in [6.45, 7) is 1.77. The van der Waals surface area contributed by atoms with Crippen molar-refractivity contribution in [2.24, 2.45) is 0 Å². The average molecular weight is 378 g/mol. The molecule has 142 valence electrons. The van der Waals surface area contributed by atoms with E-state index in [4.69, 9.17) is 4.74 Å². The van der Waals surface area contributed by atoms with Gasteiger partial charge < -0.3 is 15.4 Å². The summed E-state index contributed by atoms with van der Waals surface area (Å²) in [5, 5.41) is 5.46. The number of rotatable bonds is 6. The van der Waals surface area contributed by atoms with Crippen LogP contribution in [0.5, 0.6) is 5.75 Å². The minimum atomic E-state index is -0.369. The largest absolute Gasteiger partial charge is 0.484 e. The molecule has 3 aromatic carbocycles. The number of amides is 2. The number of anilines is 2. The van der Waals surface area contributed by atoms with Crippen LogP contribution in [0, 0.1) is 12.7 Å². The van der Waals surface area contributed by atoms with Crippen molar-refractivity contribution in [2.75, 3.05) is 17.2 Å². The van der Waals surface area contributed by atoms with Crippen molar-refractivity contribution in [3.8, 4) is 5.75 Å². The number of aryl methyl sites for hydroxylation is 1. The van der Waals surface area contributed by atoms with E-state index in [1.807, 2.05) is 31.2 Å². The summed E-state index contributed by atoms with van der Waals surface area (Å²) in [6.07, 6.45) is 0. The third-order valence-corrected chi connectivity index (χ3v) is 4.01. The number of halogens is 1. The van der Waals surface area contributed by atoms with Crippen LogP contribution in [0.25, 0.3) is 0 Å². The van der Waals surface area contributed by atoms with Gasteiger partial charge in [-0.1, -0.05) is 18.2 Å². The normalized spacial score (nSPS) is 10.2. The Labute approximate surface area is 162 Å². The van der Waals surface area contributed by atoms with Crippen molar-refractivity contribution in [3.63, 3.8) is 0 Å². The highest BCUT2D eigenvalue weighted by molar-refractivity contribution is 6.04. The van der Waals surface area contributed by atoms with Gasteiger partial charge >= 0.3 is 0 Å². The molecule has 0 heterocycles. The van der Waals surface area contributed by atoms with Crippen LogP contribution in [0.15, 0.2) is 72.8 Å². The summed E-state index contributed by atoms with van der Waals surface area (Å²) in [5.74, 6) is -0.493. The Balaban J connectivity index is 1.52. The van der Waals surface area contributed by atoms with Gasteiger partial charge in [-0.25, -0.2) is 4.39 Å². The fourth-order valence-electron chi connectivity index (χ4n) is 2.49. The van der Waals surface area contributed by atoms with Crippen LogP contribution in [-0.2, 0) is 4.79 Å². The lowest BCUT2D eigenvalue weighted by molar-refractivity contribution is -0.118. The van der Waals surface area contributed by atoms with Crippen LogP contribution < -0.4 is 15.4 Å². The first-order valence-corrected chi connectivity index (χ1v) is 8.66. The fraction of sp³-hybridized carbons (Fsp3) is 0.0909. The molecule has 28 heavy (non-hydrogen) atoms. The van der Waals surface area contributed by atoms with E-state index in [0.717, 1.165) is 11.3 Å². The number of carbonyl (C=O) groups is 2. The summed E-state index contributed by atoms with van der Waals surface area (Å²) in [4.78, 5) is 24.2. The summed E-state index contributed by atoms with van der Waals surface area (Å²) in [7, 11) is 0. The first kappa shape index (κ1) is 19.1. The zero-order chi connectivity index (χ0) is 19.9. The maximum absolute atomic E-state index is 12.9. The molecule has 5 nitrogen and oxygen atoms in total. The van der Waals surface area contributed by atoms with E-state index in [0.29, 0.717) is 17.0 Å².